The fourth-order valence-corrected chi connectivity index (χ4v) is 4.59. The topological polar surface area (TPSA) is 82.7 Å². The Morgan fingerprint density at radius 1 is 1.09 bits per heavy atom. The number of benzene rings is 2. The van der Waals surface area contributed by atoms with Crippen molar-refractivity contribution in [2.24, 2.45) is 0 Å². The van der Waals surface area contributed by atoms with Crippen molar-refractivity contribution >= 4 is 28.0 Å². The van der Waals surface area contributed by atoms with Gasteiger partial charge in [0.15, 0.2) is 17.0 Å². The first-order valence-corrected chi connectivity index (χ1v) is 11.5. The number of hydrogen-bond acceptors (Lipinski definition) is 6. The predicted octanol–water partition coefficient (Wildman–Crippen LogP) is 5.18. The zero-order chi connectivity index (χ0) is 23.1. The molecule has 6 rings (SSSR count). The Labute approximate surface area is 195 Å². The molecule has 1 unspecified atom stereocenters. The van der Waals surface area contributed by atoms with Crippen LogP contribution in [0, 0.1) is 5.82 Å². The molecule has 172 valence electrons. The molecule has 8 nitrogen and oxygen atoms in total. The van der Waals surface area contributed by atoms with E-state index in [1.165, 1.54) is 18.5 Å². The summed E-state index contributed by atoms with van der Waals surface area (Å²) < 4.78 is 24.0. The van der Waals surface area contributed by atoms with Gasteiger partial charge in [0.05, 0.1) is 23.4 Å². The number of nitrogens with zero attached hydrogens (tertiary/aromatic N) is 6. The lowest BCUT2D eigenvalue weighted by Crippen LogP contribution is -2.18. The Kier molecular flexibility index (Phi) is 5.18. The van der Waals surface area contributed by atoms with Gasteiger partial charge in [0.1, 0.15) is 24.2 Å². The van der Waals surface area contributed by atoms with Crippen LogP contribution in [0.1, 0.15) is 44.3 Å². The summed E-state index contributed by atoms with van der Waals surface area (Å²) in [5.41, 5.74) is 3.75. The Morgan fingerprint density at radius 2 is 1.97 bits per heavy atom. The van der Waals surface area contributed by atoms with Crippen LogP contribution in [0.5, 0.6) is 0 Å². The van der Waals surface area contributed by atoms with Crippen molar-refractivity contribution in [1.82, 2.24) is 29.1 Å². The monoisotopic (exact) mass is 457 g/mol. The summed E-state index contributed by atoms with van der Waals surface area (Å²) in [5.74, 6) is 1.06. The van der Waals surface area contributed by atoms with Crippen molar-refractivity contribution in [2.45, 2.75) is 38.5 Å². The first kappa shape index (κ1) is 20.7. The van der Waals surface area contributed by atoms with E-state index in [1.54, 1.807) is 12.4 Å². The second-order valence-electron chi connectivity index (χ2n) is 8.51. The lowest BCUT2D eigenvalue weighted by Gasteiger charge is -2.23. The third-order valence-electron chi connectivity index (χ3n) is 6.22. The minimum atomic E-state index is -0.301. The van der Waals surface area contributed by atoms with Gasteiger partial charge in [-0.15, -0.1) is 0 Å². The predicted molar refractivity (Wildman–Crippen MR) is 127 cm³/mol. The second-order valence-corrected chi connectivity index (χ2v) is 8.51. The highest BCUT2D eigenvalue weighted by molar-refractivity contribution is 5.83. The van der Waals surface area contributed by atoms with E-state index in [2.05, 4.69) is 20.3 Å². The number of aromatic nitrogens is 6. The van der Waals surface area contributed by atoms with Gasteiger partial charge in [-0.3, -0.25) is 9.13 Å². The molecule has 5 aromatic rings. The maximum Gasteiger partial charge on any atom is 0.167 e. The molecular formula is C25H24FN7O. The smallest absolute Gasteiger partial charge is 0.167 e. The minimum absolute atomic E-state index is 0.0592. The Bertz CT molecular complexity index is 1460. The molecule has 1 aliphatic rings. The van der Waals surface area contributed by atoms with E-state index in [9.17, 15) is 4.39 Å². The number of para-hydroxylation sites is 1. The van der Waals surface area contributed by atoms with Gasteiger partial charge in [-0.05, 0) is 50.5 Å². The molecule has 0 amide bonds. The molecule has 0 saturated carbocycles. The van der Waals surface area contributed by atoms with E-state index in [0.29, 0.717) is 16.9 Å². The minimum Gasteiger partial charge on any atom is -0.358 e. The van der Waals surface area contributed by atoms with Crippen molar-refractivity contribution in [3.05, 3.63) is 72.8 Å². The van der Waals surface area contributed by atoms with Gasteiger partial charge >= 0.3 is 0 Å². The average Bonchev–Trinajstić information content (AvgIpc) is 3.47. The number of hydrogen-bond donors (Lipinski definition) is 1. The molecule has 0 aliphatic carbocycles. The lowest BCUT2D eigenvalue weighted by atomic mass is 10.2. The molecule has 1 fully saturated rings. The van der Waals surface area contributed by atoms with Crippen molar-refractivity contribution in [2.75, 3.05) is 11.9 Å². The van der Waals surface area contributed by atoms with Gasteiger partial charge in [0.25, 0.3) is 0 Å². The molecule has 2 aromatic carbocycles. The zero-order valence-corrected chi connectivity index (χ0v) is 18.7. The molecule has 34 heavy (non-hydrogen) atoms. The number of halogens is 1. The largest absolute Gasteiger partial charge is 0.358 e. The molecule has 0 spiro atoms. The van der Waals surface area contributed by atoms with Gasteiger partial charge in [0.2, 0.25) is 0 Å². The van der Waals surface area contributed by atoms with Crippen LogP contribution < -0.4 is 5.32 Å². The normalized spacial score (nSPS) is 17.3. The van der Waals surface area contributed by atoms with E-state index in [0.717, 1.165) is 48.5 Å². The number of fused-ring (bicyclic) bond motifs is 2. The number of imidazole rings is 2. The van der Waals surface area contributed by atoms with Crippen LogP contribution in [0.25, 0.3) is 27.9 Å². The van der Waals surface area contributed by atoms with Gasteiger partial charge in [-0.1, -0.05) is 18.2 Å². The van der Waals surface area contributed by atoms with Crippen LogP contribution in [0.4, 0.5) is 10.2 Å². The van der Waals surface area contributed by atoms with Crippen LogP contribution in [0.15, 0.2) is 61.2 Å². The number of ether oxygens (including phenoxy) is 1. The summed E-state index contributed by atoms with van der Waals surface area (Å²) >= 11 is 0. The fourth-order valence-electron chi connectivity index (χ4n) is 4.59. The maximum atomic E-state index is 14.1. The van der Waals surface area contributed by atoms with Crippen LogP contribution in [-0.4, -0.2) is 35.7 Å². The molecule has 1 saturated heterocycles. The van der Waals surface area contributed by atoms with Crippen LogP contribution in [-0.2, 0) is 4.74 Å². The summed E-state index contributed by atoms with van der Waals surface area (Å²) in [6.45, 7) is 2.75. The van der Waals surface area contributed by atoms with Crippen molar-refractivity contribution in [1.29, 1.82) is 0 Å². The number of nitrogens with one attached hydrogen (secondary N) is 1. The van der Waals surface area contributed by atoms with Crippen molar-refractivity contribution < 1.29 is 9.13 Å². The molecule has 2 atom stereocenters. The fraction of sp³-hybridized carbons (Fsp3) is 0.280. The van der Waals surface area contributed by atoms with Gasteiger partial charge in [0, 0.05) is 18.4 Å². The Balaban J connectivity index is 1.40. The molecule has 1 aliphatic heterocycles. The van der Waals surface area contributed by atoms with E-state index < -0.39 is 0 Å². The third kappa shape index (κ3) is 3.58. The van der Waals surface area contributed by atoms with Crippen molar-refractivity contribution in [3.63, 3.8) is 0 Å². The van der Waals surface area contributed by atoms with Gasteiger partial charge in [-0.25, -0.2) is 24.3 Å². The number of anilines is 1. The standard InChI is InChI=1S/C25H24FN7O/c1-16(24-31-19-11-10-17(26)13-20(19)33(24)18-7-3-2-4-8-18)30-23-22-25(28-14-27-23)32(15-29-22)21-9-5-6-12-34-21/h2-4,7-8,10-11,13-16,21H,5-6,9,12H2,1H3,(H,27,28,30)/t16?,21-/m0/s1. The first-order valence-electron chi connectivity index (χ1n) is 11.5. The highest BCUT2D eigenvalue weighted by atomic mass is 19.1. The van der Waals surface area contributed by atoms with Crippen LogP contribution in [0.2, 0.25) is 0 Å². The summed E-state index contributed by atoms with van der Waals surface area (Å²) in [5, 5.41) is 3.46. The molecule has 1 N–H and O–H groups in total. The van der Waals surface area contributed by atoms with E-state index in [1.807, 2.05) is 46.4 Å². The summed E-state index contributed by atoms with van der Waals surface area (Å²) in [6.07, 6.45) is 6.38. The molecule has 3 aromatic heterocycles. The molecule has 0 bridgehead atoms. The number of rotatable bonds is 5. The van der Waals surface area contributed by atoms with Crippen LogP contribution >= 0.6 is 0 Å². The maximum absolute atomic E-state index is 14.1. The van der Waals surface area contributed by atoms with Crippen LogP contribution in [0.3, 0.4) is 0 Å². The summed E-state index contributed by atoms with van der Waals surface area (Å²) in [4.78, 5) is 18.4. The third-order valence-corrected chi connectivity index (χ3v) is 6.22. The average molecular weight is 458 g/mol. The Hall–Kier alpha value is -3.85. The van der Waals surface area contributed by atoms with Gasteiger partial charge < -0.3 is 10.1 Å². The SMILES string of the molecule is CC(Nc1ncnc2c1ncn2[C@@H]1CCCCO1)c1nc2ccc(F)cc2n1-c1ccccc1. The molecule has 0 radical (unpaired) electrons. The summed E-state index contributed by atoms with van der Waals surface area (Å²) in [7, 11) is 0. The Morgan fingerprint density at radius 3 is 2.79 bits per heavy atom. The second kappa shape index (κ2) is 8.49. The zero-order valence-electron chi connectivity index (χ0n) is 18.7. The first-order chi connectivity index (χ1) is 16.7. The van der Waals surface area contributed by atoms with E-state index in [4.69, 9.17) is 9.72 Å². The quantitative estimate of drug-likeness (QED) is 0.392. The summed E-state index contributed by atoms with van der Waals surface area (Å²) in [6, 6.07) is 14.2. The molecule has 4 heterocycles. The lowest BCUT2D eigenvalue weighted by molar-refractivity contribution is -0.0298. The highest BCUT2D eigenvalue weighted by Crippen LogP contribution is 2.31. The van der Waals surface area contributed by atoms with Gasteiger partial charge in [-0.2, -0.15) is 0 Å². The molecular weight excluding hydrogens is 433 g/mol. The highest BCUT2D eigenvalue weighted by Gasteiger charge is 2.23. The molecule has 9 heteroatoms. The van der Waals surface area contributed by atoms with E-state index in [-0.39, 0.29) is 18.1 Å². The van der Waals surface area contributed by atoms with Crippen molar-refractivity contribution in [3.8, 4) is 5.69 Å². The van der Waals surface area contributed by atoms with E-state index >= 15 is 0 Å².